The van der Waals surface area contributed by atoms with E-state index < -0.39 is 10.0 Å². The monoisotopic (exact) mass is 505 g/mol. The summed E-state index contributed by atoms with van der Waals surface area (Å²) in [4.78, 5) is 18.0. The molecule has 10 heteroatoms. The maximum Gasteiger partial charge on any atom is 0.286 e. The second-order valence-electron chi connectivity index (χ2n) is 8.44. The molecule has 178 valence electrons. The van der Waals surface area contributed by atoms with E-state index in [1.54, 1.807) is 52.6 Å². The quantitative estimate of drug-likeness (QED) is 0.580. The molecule has 0 spiro atoms. The van der Waals surface area contributed by atoms with E-state index >= 15 is 0 Å². The molecule has 1 N–H and O–H groups in total. The second kappa shape index (κ2) is 9.62. The van der Waals surface area contributed by atoms with Gasteiger partial charge in [-0.2, -0.15) is 13.7 Å². The van der Waals surface area contributed by atoms with Gasteiger partial charge in [0.05, 0.1) is 23.9 Å². The number of nitrogens with zero attached hydrogens (tertiary/aromatic N) is 4. The number of carbonyl (C=O) groups is 1. The molecule has 2 aliphatic heterocycles. The van der Waals surface area contributed by atoms with Gasteiger partial charge in [-0.25, -0.2) is 0 Å². The number of sulfonamides is 1. The van der Waals surface area contributed by atoms with E-state index in [0.717, 1.165) is 16.9 Å². The van der Waals surface area contributed by atoms with Gasteiger partial charge in [0, 0.05) is 36.6 Å². The molecular formula is C25H23N5O3S2. The third kappa shape index (κ3) is 4.98. The van der Waals surface area contributed by atoms with Crippen molar-refractivity contribution >= 4 is 38.8 Å². The van der Waals surface area contributed by atoms with Crippen LogP contribution in [0.2, 0.25) is 0 Å². The van der Waals surface area contributed by atoms with Gasteiger partial charge >= 0.3 is 0 Å². The summed E-state index contributed by atoms with van der Waals surface area (Å²) in [5, 5.41) is 14.2. The molecule has 8 nitrogen and oxygen atoms in total. The Kier molecular flexibility index (Phi) is 6.38. The molecule has 1 amide bonds. The predicted molar refractivity (Wildman–Crippen MR) is 136 cm³/mol. The lowest BCUT2D eigenvalue weighted by atomic mass is 10.1. The first-order valence-electron chi connectivity index (χ1n) is 11.2. The SMILES string of the molecule is N#Cc1cccc(C(=O)N2CCCN(CC3=NS(=O)(=O)c4cc(-c5cccs5)ccc4N3)CC2)c1. The van der Waals surface area contributed by atoms with Gasteiger partial charge in [0.1, 0.15) is 10.7 Å². The number of nitrogens with one attached hydrogen (secondary N) is 1. The van der Waals surface area contributed by atoms with Crippen molar-refractivity contribution in [2.24, 2.45) is 4.40 Å². The van der Waals surface area contributed by atoms with Crippen molar-refractivity contribution in [2.75, 3.05) is 38.0 Å². The minimum absolute atomic E-state index is 0.102. The van der Waals surface area contributed by atoms with Crippen molar-refractivity contribution < 1.29 is 13.2 Å². The standard InChI is InChI=1S/C25H23N5O3S2/c26-16-18-4-1-5-20(14-18)25(31)30-10-3-9-29(11-12-30)17-24-27-21-8-7-19(22-6-2-13-34-22)15-23(21)35(32,33)28-24/h1-2,4-8,13-15H,3,9-12,17H2,(H,27,28). The van der Waals surface area contributed by atoms with Crippen LogP contribution in [0.1, 0.15) is 22.3 Å². The molecule has 1 saturated heterocycles. The van der Waals surface area contributed by atoms with Crippen molar-refractivity contribution in [1.29, 1.82) is 5.26 Å². The Balaban J connectivity index is 1.27. The first kappa shape index (κ1) is 23.2. The highest BCUT2D eigenvalue weighted by Gasteiger charge is 2.27. The molecule has 2 aromatic carbocycles. The summed E-state index contributed by atoms with van der Waals surface area (Å²) in [6.07, 6.45) is 0.754. The topological polar surface area (TPSA) is 106 Å². The fraction of sp³-hybridized carbons (Fsp3) is 0.240. The van der Waals surface area contributed by atoms with Crippen LogP contribution in [0, 0.1) is 11.3 Å². The molecule has 5 rings (SSSR count). The zero-order valence-electron chi connectivity index (χ0n) is 18.8. The van der Waals surface area contributed by atoms with Crippen molar-refractivity contribution in [3.8, 4) is 16.5 Å². The number of anilines is 1. The molecular weight excluding hydrogens is 482 g/mol. The van der Waals surface area contributed by atoms with Gasteiger partial charge in [0.15, 0.2) is 0 Å². The summed E-state index contributed by atoms with van der Waals surface area (Å²) in [5.41, 5.74) is 2.33. The predicted octanol–water partition coefficient (Wildman–Crippen LogP) is 3.65. The van der Waals surface area contributed by atoms with E-state index in [4.69, 9.17) is 5.26 Å². The van der Waals surface area contributed by atoms with Crippen LogP contribution in [0.3, 0.4) is 0 Å². The largest absolute Gasteiger partial charge is 0.341 e. The summed E-state index contributed by atoms with van der Waals surface area (Å²) >= 11 is 1.56. The zero-order chi connectivity index (χ0) is 24.4. The van der Waals surface area contributed by atoms with E-state index in [-0.39, 0.29) is 10.8 Å². The van der Waals surface area contributed by atoms with Crippen molar-refractivity contribution in [3.63, 3.8) is 0 Å². The molecule has 3 aromatic rings. The van der Waals surface area contributed by atoms with E-state index in [1.165, 1.54) is 0 Å². The van der Waals surface area contributed by atoms with Gasteiger partial charge in [-0.15, -0.1) is 15.7 Å². The molecule has 0 saturated carbocycles. The summed E-state index contributed by atoms with van der Waals surface area (Å²) in [6, 6.07) is 18.0. The van der Waals surface area contributed by atoms with Gasteiger partial charge in [-0.05, 0) is 53.8 Å². The van der Waals surface area contributed by atoms with E-state index in [1.807, 2.05) is 23.6 Å². The summed E-state index contributed by atoms with van der Waals surface area (Å²) in [7, 11) is -3.82. The molecule has 0 bridgehead atoms. The van der Waals surface area contributed by atoms with E-state index in [0.29, 0.717) is 55.4 Å². The third-order valence-electron chi connectivity index (χ3n) is 6.06. The second-order valence-corrected chi connectivity index (χ2v) is 11.0. The number of hydrogen-bond donors (Lipinski definition) is 1. The number of fused-ring (bicyclic) bond motifs is 1. The normalized spacial score (nSPS) is 17.5. The van der Waals surface area contributed by atoms with Gasteiger partial charge in [-0.1, -0.05) is 18.2 Å². The molecule has 0 radical (unpaired) electrons. The number of benzene rings is 2. The number of thiophene rings is 1. The molecule has 3 heterocycles. The fourth-order valence-electron chi connectivity index (χ4n) is 4.32. The number of rotatable bonds is 4. The van der Waals surface area contributed by atoms with E-state index in [9.17, 15) is 13.2 Å². The lowest BCUT2D eigenvalue weighted by molar-refractivity contribution is 0.0762. The van der Waals surface area contributed by atoms with Crippen LogP contribution in [0.5, 0.6) is 0 Å². The van der Waals surface area contributed by atoms with Gasteiger partial charge in [0.2, 0.25) is 0 Å². The Morgan fingerprint density at radius 2 is 1.97 bits per heavy atom. The van der Waals surface area contributed by atoms with Crippen LogP contribution >= 0.6 is 11.3 Å². The Morgan fingerprint density at radius 1 is 1.09 bits per heavy atom. The Hall–Kier alpha value is -3.52. The molecule has 1 fully saturated rings. The van der Waals surface area contributed by atoms with Crippen molar-refractivity contribution in [3.05, 3.63) is 71.1 Å². The van der Waals surface area contributed by atoms with Gasteiger partial charge in [-0.3, -0.25) is 9.69 Å². The van der Waals surface area contributed by atoms with E-state index in [2.05, 4.69) is 20.7 Å². The maximum absolute atomic E-state index is 12.9. The first-order valence-corrected chi connectivity index (χ1v) is 13.6. The highest BCUT2D eigenvalue weighted by atomic mass is 32.2. The minimum Gasteiger partial charge on any atom is -0.341 e. The average Bonchev–Trinajstić information content (AvgIpc) is 3.30. The molecule has 35 heavy (non-hydrogen) atoms. The van der Waals surface area contributed by atoms with Crippen LogP contribution in [-0.2, 0) is 10.0 Å². The van der Waals surface area contributed by atoms with Gasteiger partial charge in [0.25, 0.3) is 15.9 Å². The van der Waals surface area contributed by atoms with Crippen LogP contribution in [0.15, 0.2) is 69.3 Å². The lowest BCUT2D eigenvalue weighted by Gasteiger charge is -2.25. The summed E-state index contributed by atoms with van der Waals surface area (Å²) < 4.78 is 29.9. The number of hydrogen-bond acceptors (Lipinski definition) is 7. The maximum atomic E-state index is 12.9. The van der Waals surface area contributed by atoms with Crippen LogP contribution in [0.25, 0.3) is 10.4 Å². The molecule has 1 aromatic heterocycles. The molecule has 0 aliphatic carbocycles. The Labute approximate surface area is 208 Å². The molecule has 2 aliphatic rings. The average molecular weight is 506 g/mol. The van der Waals surface area contributed by atoms with Crippen LogP contribution in [0.4, 0.5) is 5.69 Å². The first-order chi connectivity index (χ1) is 16.9. The molecule has 0 unspecified atom stereocenters. The van der Waals surface area contributed by atoms with Crippen molar-refractivity contribution in [2.45, 2.75) is 11.3 Å². The Morgan fingerprint density at radius 3 is 2.77 bits per heavy atom. The Bertz CT molecular complexity index is 1440. The van der Waals surface area contributed by atoms with Crippen molar-refractivity contribution in [1.82, 2.24) is 9.80 Å². The number of amidine groups is 1. The van der Waals surface area contributed by atoms with Crippen LogP contribution < -0.4 is 5.32 Å². The highest BCUT2D eigenvalue weighted by Crippen LogP contribution is 2.33. The molecule has 0 atom stereocenters. The smallest absolute Gasteiger partial charge is 0.286 e. The van der Waals surface area contributed by atoms with Gasteiger partial charge < -0.3 is 10.2 Å². The third-order valence-corrected chi connectivity index (χ3v) is 8.34. The number of carbonyl (C=O) groups excluding carboxylic acids is 1. The number of amides is 1. The minimum atomic E-state index is -3.82. The summed E-state index contributed by atoms with van der Waals surface area (Å²) in [6.45, 7) is 2.76. The fourth-order valence-corrected chi connectivity index (χ4v) is 6.21. The van der Waals surface area contributed by atoms with Crippen LogP contribution in [-0.4, -0.2) is 62.7 Å². The number of nitriles is 1. The highest BCUT2D eigenvalue weighted by molar-refractivity contribution is 7.90. The lowest BCUT2D eigenvalue weighted by Crippen LogP contribution is -2.39. The zero-order valence-corrected chi connectivity index (χ0v) is 20.5. The summed E-state index contributed by atoms with van der Waals surface area (Å²) in [5.74, 6) is 0.276.